The van der Waals surface area contributed by atoms with Crippen LogP contribution < -0.4 is 5.46 Å². The second kappa shape index (κ2) is 6.75. The highest BCUT2D eigenvalue weighted by molar-refractivity contribution is 7.97. The van der Waals surface area contributed by atoms with Crippen LogP contribution >= 0.6 is 11.8 Å². The summed E-state index contributed by atoms with van der Waals surface area (Å²) in [6.07, 6.45) is 0. The van der Waals surface area contributed by atoms with Gasteiger partial charge in [0.15, 0.2) is 0 Å². The van der Waals surface area contributed by atoms with E-state index in [1.54, 1.807) is 17.8 Å². The number of hydrogen-bond donors (Lipinski definition) is 2. The van der Waals surface area contributed by atoms with E-state index in [1.165, 1.54) is 17.7 Å². The van der Waals surface area contributed by atoms with Crippen molar-refractivity contribution in [2.75, 3.05) is 0 Å². The fourth-order valence-corrected chi connectivity index (χ4v) is 2.68. The van der Waals surface area contributed by atoms with Crippen LogP contribution in [-0.4, -0.2) is 17.2 Å². The molecule has 2 nitrogen and oxygen atoms in total. The number of thioether (sulfide) groups is 1. The van der Waals surface area contributed by atoms with E-state index < -0.39 is 12.9 Å². The zero-order valence-electron chi connectivity index (χ0n) is 10.3. The van der Waals surface area contributed by atoms with Gasteiger partial charge >= 0.3 is 7.12 Å². The fourth-order valence-electron chi connectivity index (χ4n) is 1.69. The van der Waals surface area contributed by atoms with Crippen molar-refractivity contribution in [1.82, 2.24) is 0 Å². The summed E-state index contributed by atoms with van der Waals surface area (Å²) in [6, 6.07) is 14.3. The Balaban J connectivity index is 1.93. The third-order valence-corrected chi connectivity index (χ3v) is 3.80. The quantitative estimate of drug-likeness (QED) is 0.820. The summed E-state index contributed by atoms with van der Waals surface area (Å²) in [4.78, 5) is 0. The van der Waals surface area contributed by atoms with E-state index in [-0.39, 0.29) is 5.46 Å². The standard InChI is InChI=1S/C14H14BFO2S/c16-14-8-13(15(17)18)7-6-12(14)10-19-9-11-4-2-1-3-5-11/h1-8,17-18H,9-10H2. The Morgan fingerprint density at radius 3 is 2.37 bits per heavy atom. The van der Waals surface area contributed by atoms with Crippen LogP contribution in [0.1, 0.15) is 11.1 Å². The maximum atomic E-state index is 13.7. The molecule has 0 aromatic heterocycles. The van der Waals surface area contributed by atoms with Crippen LogP contribution in [0.2, 0.25) is 0 Å². The molecular formula is C14H14BFO2S. The monoisotopic (exact) mass is 276 g/mol. The minimum atomic E-state index is -1.62. The molecule has 0 unspecified atom stereocenters. The normalized spacial score (nSPS) is 10.5. The first-order valence-electron chi connectivity index (χ1n) is 5.93. The molecule has 0 saturated carbocycles. The van der Waals surface area contributed by atoms with E-state index in [1.807, 2.05) is 30.3 Å². The van der Waals surface area contributed by atoms with Gasteiger partial charge in [0.1, 0.15) is 5.82 Å². The Labute approximate surface area is 116 Å². The van der Waals surface area contributed by atoms with Crippen LogP contribution in [0, 0.1) is 5.82 Å². The first-order valence-corrected chi connectivity index (χ1v) is 7.08. The van der Waals surface area contributed by atoms with Crippen molar-refractivity contribution < 1.29 is 14.4 Å². The lowest BCUT2D eigenvalue weighted by Gasteiger charge is -2.06. The maximum absolute atomic E-state index is 13.7. The molecule has 0 radical (unpaired) electrons. The molecule has 98 valence electrons. The van der Waals surface area contributed by atoms with Crippen molar-refractivity contribution in [1.29, 1.82) is 0 Å². The third kappa shape index (κ3) is 4.09. The minimum Gasteiger partial charge on any atom is -0.423 e. The molecule has 2 N–H and O–H groups in total. The highest BCUT2D eigenvalue weighted by Gasteiger charge is 2.13. The van der Waals surface area contributed by atoms with Gasteiger partial charge < -0.3 is 10.0 Å². The molecule has 0 fully saturated rings. The van der Waals surface area contributed by atoms with Crippen molar-refractivity contribution in [3.8, 4) is 0 Å². The van der Waals surface area contributed by atoms with Gasteiger partial charge in [-0.3, -0.25) is 0 Å². The molecule has 0 atom stereocenters. The Kier molecular flexibility index (Phi) is 5.02. The summed E-state index contributed by atoms with van der Waals surface area (Å²) in [7, 11) is -1.62. The van der Waals surface area contributed by atoms with E-state index in [9.17, 15) is 4.39 Å². The van der Waals surface area contributed by atoms with Crippen LogP contribution in [0.15, 0.2) is 48.5 Å². The summed E-state index contributed by atoms with van der Waals surface area (Å²) < 4.78 is 13.7. The molecule has 0 bridgehead atoms. The van der Waals surface area contributed by atoms with E-state index in [0.717, 1.165) is 5.75 Å². The van der Waals surface area contributed by atoms with E-state index >= 15 is 0 Å². The van der Waals surface area contributed by atoms with Crippen LogP contribution in [0.5, 0.6) is 0 Å². The Bertz CT molecular complexity index is 534. The molecule has 19 heavy (non-hydrogen) atoms. The smallest absolute Gasteiger partial charge is 0.423 e. The number of rotatable bonds is 5. The lowest BCUT2D eigenvalue weighted by Crippen LogP contribution is -2.30. The molecule has 0 spiro atoms. The molecule has 0 aliphatic rings. The van der Waals surface area contributed by atoms with Gasteiger partial charge in [0.05, 0.1) is 0 Å². The summed E-state index contributed by atoms with van der Waals surface area (Å²) in [5.74, 6) is 0.985. The third-order valence-electron chi connectivity index (χ3n) is 2.74. The molecule has 2 aromatic rings. The molecule has 0 aliphatic carbocycles. The van der Waals surface area contributed by atoms with Gasteiger partial charge in [0.2, 0.25) is 0 Å². The zero-order chi connectivity index (χ0) is 13.7. The lowest BCUT2D eigenvalue weighted by molar-refractivity contribution is 0.425. The van der Waals surface area contributed by atoms with Crippen molar-refractivity contribution in [3.63, 3.8) is 0 Å². The highest BCUT2D eigenvalue weighted by atomic mass is 32.2. The molecular weight excluding hydrogens is 262 g/mol. The van der Waals surface area contributed by atoms with Crippen LogP contribution in [0.4, 0.5) is 4.39 Å². The largest absolute Gasteiger partial charge is 0.488 e. The van der Waals surface area contributed by atoms with Gasteiger partial charge in [-0.1, -0.05) is 42.5 Å². The van der Waals surface area contributed by atoms with Gasteiger partial charge in [0.25, 0.3) is 0 Å². The molecule has 0 heterocycles. The zero-order valence-corrected chi connectivity index (χ0v) is 11.1. The second-order valence-electron chi connectivity index (χ2n) is 4.20. The summed E-state index contributed by atoms with van der Waals surface area (Å²) >= 11 is 1.62. The van der Waals surface area contributed by atoms with Crippen LogP contribution in [-0.2, 0) is 11.5 Å². The van der Waals surface area contributed by atoms with Crippen LogP contribution in [0.25, 0.3) is 0 Å². The SMILES string of the molecule is OB(O)c1ccc(CSCc2ccccc2)c(F)c1. The first-order chi connectivity index (χ1) is 9.16. The lowest BCUT2D eigenvalue weighted by atomic mass is 9.80. The number of hydrogen-bond acceptors (Lipinski definition) is 3. The van der Waals surface area contributed by atoms with Crippen molar-refractivity contribution >= 4 is 24.3 Å². The maximum Gasteiger partial charge on any atom is 0.488 e. The van der Waals surface area contributed by atoms with Gasteiger partial charge in [-0.25, -0.2) is 4.39 Å². The van der Waals surface area contributed by atoms with E-state index in [4.69, 9.17) is 10.0 Å². The summed E-state index contributed by atoms with van der Waals surface area (Å²) in [5.41, 5.74) is 1.95. The van der Waals surface area contributed by atoms with E-state index in [2.05, 4.69) is 0 Å². The predicted molar refractivity (Wildman–Crippen MR) is 77.7 cm³/mol. The topological polar surface area (TPSA) is 40.5 Å². The predicted octanol–water partition coefficient (Wildman–Crippen LogP) is 1.94. The second-order valence-corrected chi connectivity index (χ2v) is 5.19. The Morgan fingerprint density at radius 2 is 1.74 bits per heavy atom. The fraction of sp³-hybridized carbons (Fsp3) is 0.143. The average Bonchev–Trinajstić information content (AvgIpc) is 2.41. The molecule has 2 aromatic carbocycles. The van der Waals surface area contributed by atoms with Crippen LogP contribution in [0.3, 0.4) is 0 Å². The van der Waals surface area contributed by atoms with Gasteiger partial charge in [-0.15, -0.1) is 0 Å². The average molecular weight is 276 g/mol. The van der Waals surface area contributed by atoms with Gasteiger partial charge in [-0.2, -0.15) is 11.8 Å². The number of halogens is 1. The molecule has 2 rings (SSSR count). The van der Waals surface area contributed by atoms with Crippen molar-refractivity contribution in [2.45, 2.75) is 11.5 Å². The Morgan fingerprint density at radius 1 is 1.00 bits per heavy atom. The van der Waals surface area contributed by atoms with Gasteiger partial charge in [0, 0.05) is 11.5 Å². The summed E-state index contributed by atoms with van der Waals surface area (Å²) in [5, 5.41) is 17.9. The van der Waals surface area contributed by atoms with Crippen molar-refractivity contribution in [2.24, 2.45) is 0 Å². The highest BCUT2D eigenvalue weighted by Crippen LogP contribution is 2.19. The minimum absolute atomic E-state index is 0.175. The van der Waals surface area contributed by atoms with Crippen molar-refractivity contribution in [3.05, 3.63) is 65.5 Å². The first kappa shape index (κ1) is 14.1. The van der Waals surface area contributed by atoms with Gasteiger partial charge in [-0.05, 0) is 22.7 Å². The number of benzene rings is 2. The molecule has 5 heteroatoms. The molecule has 0 saturated heterocycles. The molecule has 0 aliphatic heterocycles. The van der Waals surface area contributed by atoms with E-state index in [0.29, 0.717) is 11.3 Å². The molecule has 0 amide bonds. The summed E-state index contributed by atoms with van der Waals surface area (Å²) in [6.45, 7) is 0. The Hall–Kier alpha value is -1.30.